The number of aromatic amines is 1. The number of esters is 1. The van der Waals surface area contributed by atoms with E-state index in [0.717, 1.165) is 4.57 Å². The SMILES string of the molecule is Cc1cn(C2OC(COP(=O)(NC(C)C(=O)OC(C)C)Oc3ccccc3)C(O)C2C#N)c(=O)[nH]c1=O. The number of rotatable bonds is 10. The van der Waals surface area contributed by atoms with E-state index in [0.29, 0.717) is 0 Å². The van der Waals surface area contributed by atoms with E-state index in [9.17, 15) is 29.3 Å². The highest BCUT2D eigenvalue weighted by atomic mass is 31.2. The Labute approximate surface area is 212 Å². The summed E-state index contributed by atoms with van der Waals surface area (Å²) in [6.07, 6.45) is -3.09. The minimum atomic E-state index is -4.26. The molecule has 0 radical (unpaired) electrons. The van der Waals surface area contributed by atoms with Gasteiger partial charge in [-0.1, -0.05) is 18.2 Å². The Kier molecular flexibility index (Phi) is 9.07. The van der Waals surface area contributed by atoms with E-state index >= 15 is 0 Å². The fourth-order valence-electron chi connectivity index (χ4n) is 3.54. The van der Waals surface area contributed by atoms with Gasteiger partial charge in [0.05, 0.1) is 18.8 Å². The van der Waals surface area contributed by atoms with Crippen molar-refractivity contribution in [1.82, 2.24) is 14.6 Å². The summed E-state index contributed by atoms with van der Waals surface area (Å²) in [6.45, 7) is 5.68. The van der Waals surface area contributed by atoms with E-state index in [2.05, 4.69) is 10.1 Å². The normalized spacial score (nSPS) is 23.7. The van der Waals surface area contributed by atoms with E-state index < -0.39 is 68.1 Å². The van der Waals surface area contributed by atoms with E-state index in [1.54, 1.807) is 32.0 Å². The first kappa shape index (κ1) is 28.3. The van der Waals surface area contributed by atoms with Gasteiger partial charge in [0, 0.05) is 11.8 Å². The van der Waals surface area contributed by atoms with Crippen molar-refractivity contribution in [1.29, 1.82) is 5.26 Å². The lowest BCUT2D eigenvalue weighted by atomic mass is 10.0. The third kappa shape index (κ3) is 6.94. The number of aliphatic hydroxyl groups excluding tert-OH is 1. The second-order valence-corrected chi connectivity index (χ2v) is 10.4. The third-order valence-electron chi connectivity index (χ3n) is 5.37. The molecule has 3 N–H and O–H groups in total. The molecule has 13 nitrogen and oxygen atoms in total. The van der Waals surface area contributed by atoms with Crippen molar-refractivity contribution >= 4 is 13.7 Å². The van der Waals surface area contributed by atoms with Crippen molar-refractivity contribution in [3.8, 4) is 11.8 Å². The number of nitrogens with zero attached hydrogens (tertiary/aromatic N) is 2. The van der Waals surface area contributed by atoms with Crippen LogP contribution >= 0.6 is 7.75 Å². The van der Waals surface area contributed by atoms with Crippen LogP contribution in [0.1, 0.15) is 32.6 Å². The molecule has 1 fully saturated rings. The summed E-state index contributed by atoms with van der Waals surface area (Å²) in [5, 5.41) is 22.8. The second-order valence-electron chi connectivity index (χ2n) is 8.72. The number of ether oxygens (including phenoxy) is 2. The van der Waals surface area contributed by atoms with Crippen LogP contribution in [0.3, 0.4) is 0 Å². The minimum Gasteiger partial charge on any atom is -0.462 e. The molecular formula is C23H29N4O9P. The zero-order chi connectivity index (χ0) is 27.3. The van der Waals surface area contributed by atoms with Crippen molar-refractivity contribution in [2.45, 2.75) is 58.3 Å². The molecule has 1 aliphatic heterocycles. The Morgan fingerprint density at radius 3 is 2.59 bits per heavy atom. The number of aromatic nitrogens is 2. The standard InChI is InChI=1S/C23H29N4O9P/c1-13(2)34-22(30)15(4)26-37(32,36-16-8-6-5-7-9-16)33-12-18-19(28)17(10-24)21(35-18)27-11-14(3)20(29)25-23(27)31/h5-9,11,13,15,17-19,21,28H,12H2,1-4H3,(H,26,32)(H,25,29,31). The number of H-pyrrole nitrogens is 1. The zero-order valence-electron chi connectivity index (χ0n) is 20.7. The predicted octanol–water partition coefficient (Wildman–Crippen LogP) is 1.38. The van der Waals surface area contributed by atoms with Crippen LogP contribution in [-0.4, -0.2) is 51.6 Å². The first-order valence-electron chi connectivity index (χ1n) is 11.5. The maximum Gasteiger partial charge on any atom is 0.459 e. The molecule has 0 bridgehead atoms. The van der Waals surface area contributed by atoms with Gasteiger partial charge in [-0.05, 0) is 39.8 Å². The van der Waals surface area contributed by atoms with Gasteiger partial charge in [0.2, 0.25) is 0 Å². The number of aryl methyl sites for hydroxylation is 1. The van der Waals surface area contributed by atoms with E-state index in [4.69, 9.17) is 18.5 Å². The fourth-order valence-corrected chi connectivity index (χ4v) is 5.04. The monoisotopic (exact) mass is 536 g/mol. The van der Waals surface area contributed by atoms with Crippen LogP contribution in [0.2, 0.25) is 0 Å². The Balaban J connectivity index is 1.81. The summed E-state index contributed by atoms with van der Waals surface area (Å²) < 4.78 is 36.6. The van der Waals surface area contributed by atoms with Crippen LogP contribution in [0.5, 0.6) is 5.75 Å². The molecule has 2 aromatic rings. The lowest BCUT2D eigenvalue weighted by Crippen LogP contribution is -2.37. The lowest BCUT2D eigenvalue weighted by Gasteiger charge is -2.25. The summed E-state index contributed by atoms with van der Waals surface area (Å²) in [6, 6.07) is 8.88. The van der Waals surface area contributed by atoms with Crippen LogP contribution < -0.4 is 20.9 Å². The number of nitrogens with one attached hydrogen (secondary N) is 2. The van der Waals surface area contributed by atoms with Gasteiger partial charge in [-0.3, -0.25) is 23.7 Å². The van der Waals surface area contributed by atoms with Crippen LogP contribution in [-0.2, 0) is 23.4 Å². The number of carbonyl (C=O) groups excluding carboxylic acids is 1. The first-order chi connectivity index (χ1) is 17.4. The maximum atomic E-state index is 13.6. The average Bonchev–Trinajstić information content (AvgIpc) is 3.15. The predicted molar refractivity (Wildman–Crippen MR) is 130 cm³/mol. The van der Waals surface area contributed by atoms with Crippen molar-refractivity contribution in [3.05, 3.63) is 62.9 Å². The molecule has 2 heterocycles. The molecule has 6 unspecified atom stereocenters. The zero-order valence-corrected chi connectivity index (χ0v) is 21.6. The smallest absolute Gasteiger partial charge is 0.459 e. The Bertz CT molecular complexity index is 1300. The molecule has 0 saturated carbocycles. The van der Waals surface area contributed by atoms with Gasteiger partial charge < -0.3 is 19.1 Å². The Morgan fingerprint density at radius 2 is 1.97 bits per heavy atom. The average molecular weight is 536 g/mol. The van der Waals surface area contributed by atoms with Gasteiger partial charge >= 0.3 is 19.4 Å². The molecule has 0 spiro atoms. The molecule has 3 rings (SSSR count). The minimum absolute atomic E-state index is 0.179. The number of hydrogen-bond acceptors (Lipinski definition) is 10. The summed E-state index contributed by atoms with van der Waals surface area (Å²) >= 11 is 0. The second kappa shape index (κ2) is 11.9. The van der Waals surface area contributed by atoms with Gasteiger partial charge in [-0.2, -0.15) is 10.3 Å². The van der Waals surface area contributed by atoms with Gasteiger partial charge in [-0.25, -0.2) is 9.36 Å². The van der Waals surface area contributed by atoms with E-state index in [-0.39, 0.29) is 11.3 Å². The van der Waals surface area contributed by atoms with E-state index in [1.165, 1.54) is 32.2 Å². The van der Waals surface area contributed by atoms with Crippen LogP contribution in [0.4, 0.5) is 0 Å². The van der Waals surface area contributed by atoms with Crippen molar-refractivity contribution in [3.63, 3.8) is 0 Å². The van der Waals surface area contributed by atoms with Crippen molar-refractivity contribution in [2.75, 3.05) is 6.61 Å². The topological polar surface area (TPSA) is 182 Å². The molecule has 6 atom stereocenters. The molecule has 1 aromatic carbocycles. The number of hydrogen-bond donors (Lipinski definition) is 3. The van der Waals surface area contributed by atoms with Gasteiger partial charge in [0.1, 0.15) is 29.9 Å². The highest BCUT2D eigenvalue weighted by Crippen LogP contribution is 2.46. The molecular weight excluding hydrogens is 507 g/mol. The highest BCUT2D eigenvalue weighted by Gasteiger charge is 2.47. The van der Waals surface area contributed by atoms with Gasteiger partial charge in [-0.15, -0.1) is 0 Å². The molecule has 14 heteroatoms. The molecule has 1 saturated heterocycles. The Hall–Kier alpha value is -3.27. The quantitative estimate of drug-likeness (QED) is 0.295. The van der Waals surface area contributed by atoms with Gasteiger partial charge in [0.15, 0.2) is 6.23 Å². The highest BCUT2D eigenvalue weighted by molar-refractivity contribution is 7.52. The number of para-hydroxylation sites is 1. The summed E-state index contributed by atoms with van der Waals surface area (Å²) in [5.74, 6) is -1.72. The van der Waals surface area contributed by atoms with Crippen LogP contribution in [0, 0.1) is 24.2 Å². The number of benzene rings is 1. The Morgan fingerprint density at radius 1 is 1.30 bits per heavy atom. The van der Waals surface area contributed by atoms with Crippen molar-refractivity contribution < 1.29 is 33.0 Å². The van der Waals surface area contributed by atoms with Gasteiger partial charge in [0.25, 0.3) is 5.56 Å². The van der Waals surface area contributed by atoms with Crippen molar-refractivity contribution in [2.24, 2.45) is 5.92 Å². The molecule has 0 amide bonds. The maximum absolute atomic E-state index is 13.6. The molecule has 1 aromatic heterocycles. The fraction of sp³-hybridized carbons (Fsp3) is 0.478. The summed E-state index contributed by atoms with van der Waals surface area (Å²) in [4.78, 5) is 38.4. The number of nitriles is 1. The van der Waals surface area contributed by atoms with Crippen LogP contribution in [0.15, 0.2) is 46.1 Å². The first-order valence-corrected chi connectivity index (χ1v) is 13.0. The molecule has 37 heavy (non-hydrogen) atoms. The summed E-state index contributed by atoms with van der Waals surface area (Å²) in [7, 11) is -4.26. The number of aliphatic hydroxyl groups is 1. The third-order valence-corrected chi connectivity index (χ3v) is 7.02. The summed E-state index contributed by atoms with van der Waals surface area (Å²) in [5.41, 5.74) is -1.23. The largest absolute Gasteiger partial charge is 0.462 e. The molecule has 1 aliphatic rings. The molecule has 0 aliphatic carbocycles. The number of carbonyl (C=O) groups is 1. The molecule has 200 valence electrons. The van der Waals surface area contributed by atoms with Crippen LogP contribution in [0.25, 0.3) is 0 Å². The lowest BCUT2D eigenvalue weighted by molar-refractivity contribution is -0.149. The van der Waals surface area contributed by atoms with E-state index in [1.807, 2.05) is 6.07 Å².